The lowest BCUT2D eigenvalue weighted by Gasteiger charge is -2.33. The lowest BCUT2D eigenvalue weighted by Crippen LogP contribution is -2.46. The van der Waals surface area contributed by atoms with Crippen molar-refractivity contribution in [2.75, 3.05) is 91.1 Å². The van der Waals surface area contributed by atoms with E-state index in [9.17, 15) is 4.79 Å². The molecule has 0 aliphatic carbocycles. The molecule has 0 bridgehead atoms. The second-order valence-corrected chi connectivity index (χ2v) is 21.8. The number of rotatable bonds is 29. The number of hydrogen-bond donors (Lipinski definition) is 1. The van der Waals surface area contributed by atoms with Gasteiger partial charge >= 0.3 is 6.03 Å². The van der Waals surface area contributed by atoms with E-state index in [1.807, 2.05) is 0 Å². The maximum absolute atomic E-state index is 12.0. The molecule has 0 atom stereocenters. The number of aromatic nitrogens is 4. The molecule has 0 aliphatic rings. The van der Waals surface area contributed by atoms with E-state index >= 15 is 0 Å². The van der Waals surface area contributed by atoms with Crippen molar-refractivity contribution in [1.29, 1.82) is 0 Å². The van der Waals surface area contributed by atoms with Gasteiger partial charge in [0.1, 0.15) is 6.33 Å². The van der Waals surface area contributed by atoms with Gasteiger partial charge in [-0.05, 0) is 44.2 Å². The minimum absolute atomic E-state index is 0.164. The Bertz CT molecular complexity index is 1160. The Morgan fingerprint density at radius 3 is 1.98 bits per heavy atom. The Hall–Kier alpha value is -2.43. The summed E-state index contributed by atoms with van der Waals surface area (Å²) in [4.78, 5) is 27.6. The van der Waals surface area contributed by atoms with E-state index in [1.165, 1.54) is 10.9 Å². The van der Waals surface area contributed by atoms with Crippen LogP contribution in [-0.4, -0.2) is 133 Å². The predicted molar refractivity (Wildman–Crippen MR) is 187 cm³/mol. The molecule has 0 radical (unpaired) electrons. The normalized spacial score (nSPS) is 11.8. The zero-order valence-corrected chi connectivity index (χ0v) is 31.5. The van der Waals surface area contributed by atoms with Crippen molar-refractivity contribution in [1.82, 2.24) is 24.8 Å². The van der Waals surface area contributed by atoms with E-state index in [0.717, 1.165) is 28.6 Å². The van der Waals surface area contributed by atoms with Gasteiger partial charge in [-0.1, -0.05) is 16.9 Å². The first-order valence-electron chi connectivity index (χ1n) is 16.1. The average Bonchev–Trinajstić information content (AvgIpc) is 3.60. The quantitative estimate of drug-likeness (QED) is 0.0239. The van der Waals surface area contributed by atoms with Crippen LogP contribution in [0.2, 0.25) is 32.2 Å². The molecular weight excluding hydrogens is 677 g/mol. The lowest BCUT2D eigenvalue weighted by molar-refractivity contribution is -0.0174. The summed E-state index contributed by atoms with van der Waals surface area (Å²) in [5.41, 5.74) is 9.07. The van der Waals surface area contributed by atoms with Crippen LogP contribution >= 0.6 is 11.8 Å². The maximum Gasteiger partial charge on any atom is 0.326 e. The molecular formula is C29H52N8O8SSi2. The molecule has 19 heteroatoms. The zero-order valence-electron chi connectivity index (χ0n) is 28.7. The fourth-order valence-corrected chi connectivity index (χ4v) is 14.5. The minimum atomic E-state index is -1.95. The maximum atomic E-state index is 12.0. The van der Waals surface area contributed by atoms with E-state index in [4.69, 9.17) is 38.1 Å². The number of nitrogens with one attached hydrogen (secondary N) is 1. The lowest BCUT2D eigenvalue weighted by atomic mass is 10.4. The second kappa shape index (κ2) is 25.5. The molecule has 2 aromatic heterocycles. The summed E-state index contributed by atoms with van der Waals surface area (Å²) in [6.07, 6.45) is 9.19. The molecule has 1 N–H and O–H groups in total. The van der Waals surface area contributed by atoms with Gasteiger partial charge < -0.3 is 37.9 Å². The van der Waals surface area contributed by atoms with E-state index < -0.39 is 16.6 Å². The number of carbonyl (C=O) groups is 1. The van der Waals surface area contributed by atoms with Crippen molar-refractivity contribution in [2.45, 2.75) is 50.4 Å². The third kappa shape index (κ3) is 21.5. The van der Waals surface area contributed by atoms with Crippen LogP contribution in [0.4, 0.5) is 4.79 Å². The predicted octanol–water partition coefficient (Wildman–Crippen LogP) is 4.29. The van der Waals surface area contributed by atoms with Crippen LogP contribution in [0.15, 0.2) is 41.4 Å². The van der Waals surface area contributed by atoms with E-state index in [2.05, 4.69) is 56.5 Å². The second-order valence-electron chi connectivity index (χ2n) is 11.7. The number of nitrogens with zero attached hydrogens (tertiary/aromatic N) is 7. The van der Waals surface area contributed by atoms with Gasteiger partial charge in [-0.3, -0.25) is 4.57 Å². The summed E-state index contributed by atoms with van der Waals surface area (Å²) >= 11 is 1.63. The average molecular weight is 729 g/mol. The van der Waals surface area contributed by atoms with Gasteiger partial charge in [-0.2, -0.15) is 0 Å². The summed E-state index contributed by atoms with van der Waals surface area (Å²) in [5.74, 6) is 0. The smallest absolute Gasteiger partial charge is 0.326 e. The SMILES string of the molecule is C[Si](C)(CCCNC(=O)n1ccnc1)O[Si](C)(C)CSc1ncc(COCCOCCOCCOCCOCCOCCN=[N+]=[N-])cn1. The third-order valence-corrected chi connectivity index (χ3v) is 16.1. The molecule has 270 valence electrons. The molecule has 0 fully saturated rings. The van der Waals surface area contributed by atoms with Crippen LogP contribution in [0.3, 0.4) is 0 Å². The van der Waals surface area contributed by atoms with Crippen LogP contribution in [-0.2, 0) is 39.1 Å². The van der Waals surface area contributed by atoms with Crippen molar-refractivity contribution in [2.24, 2.45) is 5.11 Å². The molecule has 2 rings (SSSR count). The zero-order chi connectivity index (χ0) is 34.8. The first-order valence-corrected chi connectivity index (χ1v) is 23.3. The molecule has 16 nitrogen and oxygen atoms in total. The standard InChI is InChI=1S/C29H52N8O8SSi2/c1-47(2,21-5-6-32-29(38)37-9-7-31-25-37)45-48(3,4)26-46-28-33-22-27(23-34-28)24-44-20-19-43-18-17-42-16-15-41-14-13-40-12-11-39-10-8-35-36-30/h7,9,22-23,25H,5-6,8,10-21,24,26H2,1-4H3,(H,32,38). The molecule has 0 aromatic carbocycles. The Balaban J connectivity index is 1.42. The molecule has 0 saturated heterocycles. The van der Waals surface area contributed by atoms with E-state index in [-0.39, 0.29) is 6.03 Å². The van der Waals surface area contributed by atoms with Gasteiger partial charge in [0.25, 0.3) is 0 Å². The minimum Gasteiger partial charge on any atom is -0.455 e. The summed E-state index contributed by atoms with van der Waals surface area (Å²) in [7, 11) is -3.83. The van der Waals surface area contributed by atoms with Crippen LogP contribution < -0.4 is 5.32 Å². The number of hydrogen-bond acceptors (Lipinski definition) is 13. The van der Waals surface area contributed by atoms with Gasteiger partial charge in [0.2, 0.25) is 0 Å². The highest BCUT2D eigenvalue weighted by molar-refractivity contribution is 8.00. The van der Waals surface area contributed by atoms with Crippen molar-refractivity contribution in [3.8, 4) is 0 Å². The van der Waals surface area contributed by atoms with Crippen LogP contribution in [0.5, 0.6) is 0 Å². The summed E-state index contributed by atoms with van der Waals surface area (Å²) < 4.78 is 40.9. The number of amides is 1. The van der Waals surface area contributed by atoms with E-state index in [0.29, 0.717) is 92.4 Å². The Morgan fingerprint density at radius 1 is 0.875 bits per heavy atom. The molecule has 0 aliphatic heterocycles. The third-order valence-electron chi connectivity index (χ3n) is 6.28. The Kier molecular flexibility index (Phi) is 22.2. The summed E-state index contributed by atoms with van der Waals surface area (Å²) in [5, 5.41) is 7.89. The first-order chi connectivity index (χ1) is 23.2. The van der Waals surface area contributed by atoms with Gasteiger partial charge in [0.15, 0.2) is 21.8 Å². The Labute approximate surface area is 289 Å². The Morgan fingerprint density at radius 2 is 1.44 bits per heavy atom. The van der Waals surface area contributed by atoms with Crippen LogP contribution in [0.1, 0.15) is 12.0 Å². The fourth-order valence-electron chi connectivity index (χ4n) is 4.18. The topological polar surface area (TPSA) is 186 Å². The van der Waals surface area contributed by atoms with Crippen molar-refractivity contribution in [3.63, 3.8) is 0 Å². The van der Waals surface area contributed by atoms with Crippen LogP contribution in [0.25, 0.3) is 10.4 Å². The molecule has 0 unspecified atom stereocenters. The van der Waals surface area contributed by atoms with Gasteiger partial charge in [0, 0.05) is 53.7 Å². The first kappa shape index (κ1) is 41.7. The van der Waals surface area contributed by atoms with Crippen LogP contribution in [0, 0.1) is 0 Å². The highest BCUT2D eigenvalue weighted by Gasteiger charge is 2.33. The summed E-state index contributed by atoms with van der Waals surface area (Å²) in [6, 6.07) is 0.806. The molecule has 48 heavy (non-hydrogen) atoms. The summed E-state index contributed by atoms with van der Waals surface area (Å²) in [6.45, 7) is 15.5. The van der Waals surface area contributed by atoms with Crippen molar-refractivity contribution < 1.29 is 37.3 Å². The number of carbonyl (C=O) groups excluding carboxylic acids is 1. The highest BCUT2D eigenvalue weighted by atomic mass is 32.2. The monoisotopic (exact) mass is 728 g/mol. The van der Waals surface area contributed by atoms with Gasteiger partial charge in [-0.15, -0.1) is 0 Å². The molecule has 1 amide bonds. The molecule has 2 heterocycles. The van der Waals surface area contributed by atoms with E-state index in [1.54, 1.807) is 36.5 Å². The van der Waals surface area contributed by atoms with Gasteiger partial charge in [0.05, 0.1) is 79.3 Å². The van der Waals surface area contributed by atoms with Gasteiger partial charge in [-0.25, -0.2) is 19.7 Å². The number of imidazole rings is 1. The van der Waals surface area contributed by atoms with Crippen molar-refractivity contribution in [3.05, 3.63) is 47.1 Å². The molecule has 0 saturated carbocycles. The fraction of sp³-hybridized carbons (Fsp3) is 0.724. The number of thioether (sulfide) groups is 1. The largest absolute Gasteiger partial charge is 0.455 e. The number of ether oxygens (including phenoxy) is 6. The van der Waals surface area contributed by atoms with Crippen molar-refractivity contribution >= 4 is 34.4 Å². The molecule has 2 aromatic rings. The molecule has 0 spiro atoms. The number of azide groups is 1. The highest BCUT2D eigenvalue weighted by Crippen LogP contribution is 2.25.